The molecule has 0 aliphatic heterocycles. The van der Waals surface area contributed by atoms with E-state index in [0.717, 1.165) is 5.56 Å². The zero-order valence-corrected chi connectivity index (χ0v) is 18.8. The molecular formula is C19H18Cl3F2N5O3. The molecule has 2 heterocycles. The van der Waals surface area contributed by atoms with Crippen LogP contribution in [0.2, 0.25) is 5.02 Å². The van der Waals surface area contributed by atoms with Crippen molar-refractivity contribution in [2.75, 3.05) is 11.9 Å². The fraction of sp³-hybridized carbons (Fsp3) is 0.158. The second-order valence-corrected chi connectivity index (χ2v) is 6.39. The van der Waals surface area contributed by atoms with Gasteiger partial charge in [0.05, 0.1) is 17.2 Å². The first-order chi connectivity index (χ1) is 14.4. The van der Waals surface area contributed by atoms with Crippen molar-refractivity contribution in [3.05, 3.63) is 70.0 Å². The molecule has 8 nitrogen and oxygen atoms in total. The average Bonchev–Trinajstić information content (AvgIpc) is 3.18. The molecule has 0 aliphatic rings. The molecular weight excluding hydrogens is 491 g/mol. The molecule has 0 unspecified atom stereocenters. The van der Waals surface area contributed by atoms with Crippen LogP contribution in [0.3, 0.4) is 0 Å². The zero-order valence-electron chi connectivity index (χ0n) is 16.4. The fourth-order valence-corrected chi connectivity index (χ4v) is 2.64. The number of nitrogens with one attached hydrogen (secondary N) is 3. The van der Waals surface area contributed by atoms with Gasteiger partial charge in [0.25, 0.3) is 11.8 Å². The van der Waals surface area contributed by atoms with E-state index >= 15 is 0 Å². The number of H-pyrrole nitrogens is 1. The molecule has 0 saturated heterocycles. The summed E-state index contributed by atoms with van der Waals surface area (Å²) in [5.74, 6) is -3.16. The van der Waals surface area contributed by atoms with Crippen molar-refractivity contribution in [2.24, 2.45) is 0 Å². The lowest BCUT2D eigenvalue weighted by Crippen LogP contribution is -2.23. The van der Waals surface area contributed by atoms with Gasteiger partial charge < -0.3 is 15.4 Å². The lowest BCUT2D eigenvalue weighted by Gasteiger charge is -2.05. The number of ether oxygens (including phenoxy) is 1. The van der Waals surface area contributed by atoms with Gasteiger partial charge in [-0.05, 0) is 24.6 Å². The van der Waals surface area contributed by atoms with Gasteiger partial charge in [-0.2, -0.15) is 5.10 Å². The molecule has 1 aromatic carbocycles. The third-order valence-electron chi connectivity index (χ3n) is 3.86. The van der Waals surface area contributed by atoms with Crippen LogP contribution in [0.1, 0.15) is 33.3 Å². The lowest BCUT2D eigenvalue weighted by molar-refractivity contribution is 0.0945. The molecule has 0 fully saturated rings. The number of hydrogen-bond donors (Lipinski definition) is 3. The van der Waals surface area contributed by atoms with E-state index in [4.69, 9.17) is 16.3 Å². The number of hydrogen-bond acceptors (Lipinski definition) is 5. The van der Waals surface area contributed by atoms with E-state index in [1.807, 2.05) is 6.92 Å². The number of nitrogens with zero attached hydrogens (tertiary/aromatic N) is 2. The molecule has 3 aromatic rings. The minimum Gasteiger partial charge on any atom is -0.478 e. The standard InChI is InChI=1S/C19H16ClF2N5O3.2ClH/c1-2-30-17-4-3-10(8-23-17)9-24-19(29)15-7-16(27-26-15)25-18(28)11-5-13(21)14(22)6-12(11)20;;/h3-8H,2,9H2,1H3,(H,24,29)(H2,25,26,27,28);2*1H. The summed E-state index contributed by atoms with van der Waals surface area (Å²) in [7, 11) is 0. The monoisotopic (exact) mass is 507 g/mol. The van der Waals surface area contributed by atoms with Crippen LogP contribution in [-0.2, 0) is 6.54 Å². The Morgan fingerprint density at radius 3 is 2.50 bits per heavy atom. The van der Waals surface area contributed by atoms with Gasteiger partial charge in [0.1, 0.15) is 5.69 Å². The van der Waals surface area contributed by atoms with Gasteiger partial charge >= 0.3 is 0 Å². The SMILES string of the molecule is CCOc1ccc(CNC(=O)c2cc(NC(=O)c3cc(F)c(F)cc3Cl)n[nH]2)cn1.Cl.Cl. The van der Waals surface area contributed by atoms with E-state index in [-0.39, 0.29) is 53.5 Å². The molecule has 0 bridgehead atoms. The van der Waals surface area contributed by atoms with Gasteiger partial charge in [-0.3, -0.25) is 14.7 Å². The first-order valence-corrected chi connectivity index (χ1v) is 9.12. The second-order valence-electron chi connectivity index (χ2n) is 5.99. The normalized spacial score (nSPS) is 9.88. The van der Waals surface area contributed by atoms with Crippen LogP contribution in [0, 0.1) is 11.6 Å². The molecule has 0 atom stereocenters. The highest BCUT2D eigenvalue weighted by Gasteiger charge is 2.17. The highest BCUT2D eigenvalue weighted by Crippen LogP contribution is 2.21. The van der Waals surface area contributed by atoms with Gasteiger partial charge in [0.2, 0.25) is 5.88 Å². The Bertz CT molecular complexity index is 1080. The molecule has 0 radical (unpaired) electrons. The quantitative estimate of drug-likeness (QED) is 0.415. The maximum absolute atomic E-state index is 13.4. The Morgan fingerprint density at radius 2 is 1.84 bits per heavy atom. The predicted octanol–water partition coefficient (Wildman–Crippen LogP) is 4.16. The van der Waals surface area contributed by atoms with Gasteiger partial charge in [0, 0.05) is 24.9 Å². The molecule has 0 saturated carbocycles. The molecule has 13 heteroatoms. The van der Waals surface area contributed by atoms with Gasteiger partial charge in [-0.1, -0.05) is 17.7 Å². The molecule has 3 N–H and O–H groups in total. The van der Waals surface area contributed by atoms with E-state index in [1.54, 1.807) is 18.3 Å². The molecule has 3 rings (SSSR count). The van der Waals surface area contributed by atoms with Crippen molar-refractivity contribution < 1.29 is 23.1 Å². The summed E-state index contributed by atoms with van der Waals surface area (Å²) >= 11 is 5.77. The Morgan fingerprint density at radius 1 is 1.12 bits per heavy atom. The number of rotatable bonds is 7. The van der Waals surface area contributed by atoms with E-state index in [2.05, 4.69) is 25.8 Å². The van der Waals surface area contributed by atoms with E-state index < -0.39 is 23.4 Å². The van der Waals surface area contributed by atoms with E-state index in [0.29, 0.717) is 24.6 Å². The Hall–Kier alpha value is -2.95. The van der Waals surface area contributed by atoms with Crippen molar-refractivity contribution in [3.8, 4) is 5.88 Å². The number of carbonyl (C=O) groups excluding carboxylic acids is 2. The van der Waals surface area contributed by atoms with Crippen molar-refractivity contribution in [1.82, 2.24) is 20.5 Å². The van der Waals surface area contributed by atoms with Crippen molar-refractivity contribution in [1.29, 1.82) is 0 Å². The van der Waals surface area contributed by atoms with Crippen LogP contribution in [0.15, 0.2) is 36.5 Å². The first-order valence-electron chi connectivity index (χ1n) is 8.74. The first kappa shape index (κ1) is 27.1. The lowest BCUT2D eigenvalue weighted by atomic mass is 10.2. The summed E-state index contributed by atoms with van der Waals surface area (Å²) in [5.41, 5.74) is 0.570. The minimum atomic E-state index is -1.21. The van der Waals surface area contributed by atoms with Crippen molar-refractivity contribution >= 4 is 54.0 Å². The summed E-state index contributed by atoms with van der Waals surface area (Å²) < 4.78 is 31.7. The molecule has 32 heavy (non-hydrogen) atoms. The number of halogens is 5. The van der Waals surface area contributed by atoms with Crippen LogP contribution in [-0.4, -0.2) is 33.6 Å². The number of benzene rings is 1. The van der Waals surface area contributed by atoms with Crippen LogP contribution in [0.25, 0.3) is 0 Å². The average molecular weight is 509 g/mol. The number of aromatic amines is 1. The number of carbonyl (C=O) groups is 2. The summed E-state index contributed by atoms with van der Waals surface area (Å²) in [4.78, 5) is 28.5. The fourth-order valence-electron chi connectivity index (χ4n) is 2.41. The minimum absolute atomic E-state index is 0. The maximum atomic E-state index is 13.4. The van der Waals surface area contributed by atoms with Crippen LogP contribution in [0.4, 0.5) is 14.6 Å². The van der Waals surface area contributed by atoms with Crippen molar-refractivity contribution in [3.63, 3.8) is 0 Å². The van der Waals surface area contributed by atoms with Crippen molar-refractivity contribution in [2.45, 2.75) is 13.5 Å². The topological polar surface area (TPSA) is 109 Å². The number of pyridine rings is 1. The summed E-state index contributed by atoms with van der Waals surface area (Å²) in [6, 6.07) is 6.13. The third-order valence-corrected chi connectivity index (χ3v) is 4.17. The molecule has 2 aromatic heterocycles. The smallest absolute Gasteiger partial charge is 0.269 e. The van der Waals surface area contributed by atoms with Gasteiger partial charge in [0.15, 0.2) is 17.5 Å². The number of aromatic nitrogens is 3. The van der Waals surface area contributed by atoms with Crippen LogP contribution in [0.5, 0.6) is 5.88 Å². The highest BCUT2D eigenvalue weighted by molar-refractivity contribution is 6.34. The van der Waals surface area contributed by atoms with Gasteiger partial charge in [-0.25, -0.2) is 13.8 Å². The molecule has 172 valence electrons. The summed E-state index contributed by atoms with van der Waals surface area (Å²) in [5, 5.41) is 11.0. The largest absolute Gasteiger partial charge is 0.478 e. The zero-order chi connectivity index (χ0) is 21.7. The summed E-state index contributed by atoms with van der Waals surface area (Å²) in [6.45, 7) is 2.57. The molecule has 0 spiro atoms. The second kappa shape index (κ2) is 12.2. The number of amides is 2. The van der Waals surface area contributed by atoms with E-state index in [1.165, 1.54) is 6.07 Å². The van der Waals surface area contributed by atoms with Crippen LogP contribution < -0.4 is 15.4 Å². The molecule has 0 aliphatic carbocycles. The van der Waals surface area contributed by atoms with Crippen LogP contribution >= 0.6 is 36.4 Å². The van der Waals surface area contributed by atoms with Gasteiger partial charge in [-0.15, -0.1) is 24.8 Å². The Kier molecular flexibility index (Phi) is 10.3. The summed E-state index contributed by atoms with van der Waals surface area (Å²) in [6.07, 6.45) is 1.58. The van der Waals surface area contributed by atoms with E-state index in [9.17, 15) is 18.4 Å². The third kappa shape index (κ3) is 6.78. The molecule has 2 amide bonds. The highest BCUT2D eigenvalue weighted by atomic mass is 35.5. The Labute approximate surface area is 198 Å². The Balaban J connectivity index is 0.00000256. The predicted molar refractivity (Wildman–Crippen MR) is 119 cm³/mol. The maximum Gasteiger partial charge on any atom is 0.269 e. The number of anilines is 1.